The third-order valence-corrected chi connectivity index (χ3v) is 10.9. The van der Waals surface area contributed by atoms with Crippen LogP contribution in [0.25, 0.3) is 111 Å². The SMILES string of the molecule is N#Cc1ccc(-c2cccc(-c3nc(-c4ccc5c(c4)oc4cccc(-c6ccccc6)c45)nc(-c4ccc5c6ccccc6c6ccccc6c5c4)n3)c2)cc1. The highest BCUT2D eigenvalue weighted by Gasteiger charge is 2.18. The smallest absolute Gasteiger partial charge is 0.164 e. The van der Waals surface area contributed by atoms with E-state index in [9.17, 15) is 5.26 Å². The van der Waals surface area contributed by atoms with Crippen molar-refractivity contribution in [3.63, 3.8) is 0 Å². The first-order valence-corrected chi connectivity index (χ1v) is 18.9. The maximum atomic E-state index is 9.37. The summed E-state index contributed by atoms with van der Waals surface area (Å²) in [5.41, 5.74) is 9.07. The van der Waals surface area contributed by atoms with Gasteiger partial charge in [0.2, 0.25) is 0 Å². The third kappa shape index (κ3) is 5.51. The van der Waals surface area contributed by atoms with E-state index in [0.29, 0.717) is 23.0 Å². The zero-order valence-corrected chi connectivity index (χ0v) is 30.5. The summed E-state index contributed by atoms with van der Waals surface area (Å²) in [5.74, 6) is 1.69. The molecule has 5 nitrogen and oxygen atoms in total. The first-order valence-electron chi connectivity index (χ1n) is 18.9. The largest absolute Gasteiger partial charge is 0.456 e. The Balaban J connectivity index is 1.11. The van der Waals surface area contributed by atoms with Crippen LogP contribution in [-0.2, 0) is 0 Å². The van der Waals surface area contributed by atoms with Gasteiger partial charge in [-0.15, -0.1) is 0 Å². The van der Waals surface area contributed by atoms with Crippen molar-refractivity contribution < 1.29 is 4.42 Å². The van der Waals surface area contributed by atoms with Gasteiger partial charge < -0.3 is 4.42 Å². The summed E-state index contributed by atoms with van der Waals surface area (Å²) in [6, 6.07) is 64.6. The number of hydrogen-bond donors (Lipinski definition) is 0. The van der Waals surface area contributed by atoms with Gasteiger partial charge in [0.05, 0.1) is 11.6 Å². The van der Waals surface area contributed by atoms with Crippen molar-refractivity contribution >= 4 is 54.3 Å². The summed E-state index contributed by atoms with van der Waals surface area (Å²) >= 11 is 0. The van der Waals surface area contributed by atoms with Crippen LogP contribution in [0.1, 0.15) is 5.56 Å². The van der Waals surface area contributed by atoms with Gasteiger partial charge in [-0.25, -0.2) is 15.0 Å². The van der Waals surface area contributed by atoms with Crippen LogP contribution < -0.4 is 0 Å². The standard InChI is InChI=1S/C52H30N4O/c53-31-32-20-22-33(23-21-32)35-12-8-13-36(28-35)50-54-51(37-24-26-44-42-16-5-4-14-40(42)41-15-6-7-17-43(41)46(44)29-37)56-52(55-50)38-25-27-45-48(30-38)57-47-19-9-18-39(49(45)47)34-10-2-1-3-11-34/h1-30H. The van der Waals surface area contributed by atoms with Crippen LogP contribution >= 0.6 is 0 Å². The number of hydrogen-bond acceptors (Lipinski definition) is 5. The molecule has 0 spiro atoms. The molecule has 0 N–H and O–H groups in total. The average Bonchev–Trinajstić information content (AvgIpc) is 3.67. The van der Waals surface area contributed by atoms with E-state index in [2.05, 4.69) is 127 Å². The molecule has 0 fully saturated rings. The lowest BCUT2D eigenvalue weighted by molar-refractivity contribution is 0.669. The molecule has 0 aliphatic carbocycles. The summed E-state index contributed by atoms with van der Waals surface area (Å²) in [6.45, 7) is 0. The second-order valence-electron chi connectivity index (χ2n) is 14.3. The quantitative estimate of drug-likeness (QED) is 0.165. The third-order valence-electron chi connectivity index (χ3n) is 10.9. The van der Waals surface area contributed by atoms with Crippen LogP contribution in [0.2, 0.25) is 0 Å². The lowest BCUT2D eigenvalue weighted by atomic mass is 9.93. The van der Waals surface area contributed by atoms with Crippen molar-refractivity contribution in [2.24, 2.45) is 0 Å². The van der Waals surface area contributed by atoms with Crippen LogP contribution in [0.15, 0.2) is 186 Å². The summed E-state index contributed by atoms with van der Waals surface area (Å²) in [5, 5.41) is 18.6. The number of fused-ring (bicyclic) bond motifs is 9. The van der Waals surface area contributed by atoms with Crippen LogP contribution in [0.4, 0.5) is 0 Å². The van der Waals surface area contributed by atoms with E-state index in [-0.39, 0.29) is 0 Å². The van der Waals surface area contributed by atoms with E-state index in [1.54, 1.807) is 0 Å². The monoisotopic (exact) mass is 726 g/mol. The van der Waals surface area contributed by atoms with Gasteiger partial charge in [-0.3, -0.25) is 0 Å². The van der Waals surface area contributed by atoms with Gasteiger partial charge in [0.1, 0.15) is 11.2 Å². The van der Waals surface area contributed by atoms with E-state index >= 15 is 0 Å². The summed E-state index contributed by atoms with van der Waals surface area (Å²) in [7, 11) is 0. The Labute approximate surface area is 327 Å². The van der Waals surface area contributed by atoms with Gasteiger partial charge in [-0.1, -0.05) is 140 Å². The predicted octanol–water partition coefficient (Wildman–Crippen LogP) is 13.4. The Kier molecular flexibility index (Phi) is 7.48. The number of furan rings is 1. The fourth-order valence-corrected chi connectivity index (χ4v) is 8.21. The molecule has 5 heteroatoms. The minimum absolute atomic E-state index is 0.549. The molecule has 0 saturated carbocycles. The maximum absolute atomic E-state index is 9.37. The van der Waals surface area contributed by atoms with Gasteiger partial charge in [-0.05, 0) is 97.0 Å². The van der Waals surface area contributed by atoms with Crippen molar-refractivity contribution in [3.8, 4) is 62.5 Å². The normalized spacial score (nSPS) is 11.5. The minimum atomic E-state index is 0.549. The Morgan fingerprint density at radius 1 is 0.351 bits per heavy atom. The molecule has 9 aromatic carbocycles. The van der Waals surface area contributed by atoms with Gasteiger partial charge in [-0.2, -0.15) is 5.26 Å². The Morgan fingerprint density at radius 2 is 0.860 bits per heavy atom. The maximum Gasteiger partial charge on any atom is 0.164 e. The van der Waals surface area contributed by atoms with E-state index < -0.39 is 0 Å². The molecular weight excluding hydrogens is 697 g/mol. The molecule has 0 aliphatic rings. The molecule has 0 unspecified atom stereocenters. The van der Waals surface area contributed by atoms with Crippen LogP contribution in [-0.4, -0.2) is 15.0 Å². The second kappa shape index (κ2) is 13.1. The molecule has 2 heterocycles. The van der Waals surface area contributed by atoms with Crippen LogP contribution in [0, 0.1) is 11.3 Å². The fourth-order valence-electron chi connectivity index (χ4n) is 8.21. The summed E-state index contributed by atoms with van der Waals surface area (Å²) in [6.07, 6.45) is 0. The molecule has 0 amide bonds. The Morgan fingerprint density at radius 3 is 1.53 bits per heavy atom. The van der Waals surface area contributed by atoms with Crippen molar-refractivity contribution in [2.45, 2.75) is 0 Å². The van der Waals surface area contributed by atoms with Gasteiger partial charge in [0, 0.05) is 27.5 Å². The van der Waals surface area contributed by atoms with Gasteiger partial charge >= 0.3 is 0 Å². The van der Waals surface area contributed by atoms with Gasteiger partial charge in [0.25, 0.3) is 0 Å². The van der Waals surface area contributed by atoms with Crippen LogP contribution in [0.5, 0.6) is 0 Å². The highest BCUT2D eigenvalue weighted by molar-refractivity contribution is 6.25. The number of nitrogens with zero attached hydrogens (tertiary/aromatic N) is 4. The molecule has 11 aromatic rings. The highest BCUT2D eigenvalue weighted by Crippen LogP contribution is 2.40. The Hall–Kier alpha value is -7.94. The number of rotatable bonds is 5. The highest BCUT2D eigenvalue weighted by atomic mass is 16.3. The van der Waals surface area contributed by atoms with Crippen molar-refractivity contribution in [1.29, 1.82) is 5.26 Å². The van der Waals surface area contributed by atoms with Crippen molar-refractivity contribution in [2.75, 3.05) is 0 Å². The summed E-state index contributed by atoms with van der Waals surface area (Å²) in [4.78, 5) is 15.5. The molecular formula is C52H30N4O. The zero-order valence-electron chi connectivity index (χ0n) is 30.5. The first kappa shape index (κ1) is 32.5. The average molecular weight is 727 g/mol. The topological polar surface area (TPSA) is 75.6 Å². The molecule has 0 radical (unpaired) electrons. The van der Waals surface area contributed by atoms with E-state index in [0.717, 1.165) is 66.3 Å². The van der Waals surface area contributed by atoms with E-state index in [1.807, 2.05) is 60.7 Å². The molecule has 0 aliphatic heterocycles. The van der Waals surface area contributed by atoms with Crippen molar-refractivity contribution in [1.82, 2.24) is 15.0 Å². The molecule has 11 rings (SSSR count). The number of aromatic nitrogens is 3. The van der Waals surface area contributed by atoms with Crippen molar-refractivity contribution in [3.05, 3.63) is 188 Å². The van der Waals surface area contributed by atoms with Gasteiger partial charge in [0.15, 0.2) is 17.5 Å². The summed E-state index contributed by atoms with van der Waals surface area (Å²) < 4.78 is 6.52. The zero-order chi connectivity index (χ0) is 37.9. The molecule has 0 atom stereocenters. The lowest BCUT2D eigenvalue weighted by Gasteiger charge is -2.13. The fraction of sp³-hybridized carbons (Fsp3) is 0. The second-order valence-corrected chi connectivity index (χ2v) is 14.3. The lowest BCUT2D eigenvalue weighted by Crippen LogP contribution is -2.00. The Bertz CT molecular complexity index is 3380. The molecule has 0 bridgehead atoms. The number of benzene rings is 9. The van der Waals surface area contributed by atoms with E-state index in [4.69, 9.17) is 19.4 Å². The van der Waals surface area contributed by atoms with E-state index in [1.165, 1.54) is 26.9 Å². The molecule has 57 heavy (non-hydrogen) atoms. The number of nitriles is 1. The van der Waals surface area contributed by atoms with Crippen LogP contribution in [0.3, 0.4) is 0 Å². The minimum Gasteiger partial charge on any atom is -0.456 e. The predicted molar refractivity (Wildman–Crippen MR) is 232 cm³/mol. The molecule has 0 saturated heterocycles. The first-order chi connectivity index (χ1) is 28.2. The molecule has 2 aromatic heterocycles. The molecule has 264 valence electrons.